The van der Waals surface area contributed by atoms with Gasteiger partial charge in [-0.2, -0.15) is 5.10 Å². The van der Waals surface area contributed by atoms with Crippen LogP contribution in [0.4, 0.5) is 10.1 Å². The fourth-order valence-electron chi connectivity index (χ4n) is 3.76. The summed E-state index contributed by atoms with van der Waals surface area (Å²) >= 11 is 0. The molecule has 0 aliphatic rings. The van der Waals surface area contributed by atoms with Crippen molar-refractivity contribution in [2.45, 2.75) is 40.7 Å². The largest absolute Gasteiger partial charge is 0.489 e. The van der Waals surface area contributed by atoms with Gasteiger partial charge in [-0.1, -0.05) is 18.2 Å². The lowest BCUT2D eigenvalue weighted by Gasteiger charge is -2.10. The van der Waals surface area contributed by atoms with E-state index in [9.17, 15) is 9.18 Å². The van der Waals surface area contributed by atoms with Crippen LogP contribution >= 0.6 is 0 Å². The lowest BCUT2D eigenvalue weighted by molar-refractivity contribution is -0.115. The Bertz CT molecular complexity index is 1330. The van der Waals surface area contributed by atoms with Crippen LogP contribution in [-0.2, 0) is 17.8 Å². The van der Waals surface area contributed by atoms with Crippen LogP contribution in [0.15, 0.2) is 54.6 Å². The van der Waals surface area contributed by atoms with Crippen molar-refractivity contribution in [1.82, 2.24) is 19.7 Å². The molecule has 0 aliphatic heterocycles. The van der Waals surface area contributed by atoms with Gasteiger partial charge in [-0.3, -0.25) is 4.79 Å². The fraction of sp³-hybridized carbons (Fsp3) is 0.231. The number of hydrogen-bond acceptors (Lipinski definition) is 5. The lowest BCUT2D eigenvalue weighted by atomic mass is 10.1. The number of hydrogen-bond donors (Lipinski definition) is 1. The van der Waals surface area contributed by atoms with E-state index in [-0.39, 0.29) is 24.8 Å². The van der Waals surface area contributed by atoms with E-state index in [1.807, 2.05) is 58.0 Å². The monoisotopic (exact) mass is 459 g/mol. The van der Waals surface area contributed by atoms with E-state index in [0.717, 1.165) is 33.9 Å². The molecule has 2 heterocycles. The highest BCUT2D eigenvalue weighted by atomic mass is 19.1. The third-order valence-electron chi connectivity index (χ3n) is 5.35. The van der Waals surface area contributed by atoms with E-state index in [4.69, 9.17) is 4.74 Å². The van der Waals surface area contributed by atoms with Crippen molar-refractivity contribution in [3.05, 3.63) is 94.3 Å². The molecular weight excluding hydrogens is 433 g/mol. The molecule has 0 unspecified atom stereocenters. The number of aromatic nitrogens is 4. The Morgan fingerprint density at radius 1 is 1.00 bits per heavy atom. The molecule has 0 bridgehead atoms. The molecule has 0 radical (unpaired) electrons. The highest BCUT2D eigenvalue weighted by molar-refractivity contribution is 5.92. The van der Waals surface area contributed by atoms with Crippen LogP contribution in [0.5, 0.6) is 5.75 Å². The Hall–Kier alpha value is -4.07. The number of nitrogens with zero attached hydrogens (tertiary/aromatic N) is 4. The van der Waals surface area contributed by atoms with Gasteiger partial charge in [0, 0.05) is 34.4 Å². The van der Waals surface area contributed by atoms with Crippen LogP contribution in [0.3, 0.4) is 0 Å². The van der Waals surface area contributed by atoms with E-state index in [0.29, 0.717) is 17.4 Å². The lowest BCUT2D eigenvalue weighted by Crippen LogP contribution is -2.15. The van der Waals surface area contributed by atoms with Crippen molar-refractivity contribution < 1.29 is 13.9 Å². The summed E-state index contributed by atoms with van der Waals surface area (Å²) in [5, 5.41) is 7.50. The molecule has 0 aliphatic carbocycles. The van der Waals surface area contributed by atoms with E-state index in [1.54, 1.807) is 16.8 Å². The summed E-state index contributed by atoms with van der Waals surface area (Å²) in [6.07, 6.45) is 0.173. The Morgan fingerprint density at radius 2 is 1.74 bits per heavy atom. The zero-order valence-electron chi connectivity index (χ0n) is 19.6. The molecule has 0 atom stereocenters. The van der Waals surface area contributed by atoms with Crippen molar-refractivity contribution in [2.75, 3.05) is 5.32 Å². The topological polar surface area (TPSA) is 81.9 Å². The number of ether oxygens (including phenoxy) is 1. The minimum absolute atomic E-state index is 0.157. The molecule has 0 saturated heterocycles. The number of halogens is 1. The number of anilines is 1. The van der Waals surface area contributed by atoms with Gasteiger partial charge in [0.15, 0.2) is 0 Å². The maximum atomic E-state index is 13.3. The van der Waals surface area contributed by atoms with Crippen molar-refractivity contribution in [3.8, 4) is 11.7 Å². The molecule has 1 amide bonds. The first-order valence-corrected chi connectivity index (χ1v) is 10.9. The summed E-state index contributed by atoms with van der Waals surface area (Å²) in [4.78, 5) is 21.8. The van der Waals surface area contributed by atoms with Gasteiger partial charge in [-0.05, 0) is 63.6 Å². The molecule has 1 N–H and O–H groups in total. The Morgan fingerprint density at radius 3 is 2.47 bits per heavy atom. The fourth-order valence-corrected chi connectivity index (χ4v) is 3.76. The number of carbonyl (C=O) groups excluding carboxylic acids is 1. The molecule has 4 aromatic rings. The molecule has 2 aromatic heterocycles. The molecule has 174 valence electrons. The zero-order chi connectivity index (χ0) is 24.2. The molecule has 4 rings (SSSR count). The highest BCUT2D eigenvalue weighted by Crippen LogP contribution is 2.19. The summed E-state index contributed by atoms with van der Waals surface area (Å²) in [7, 11) is 0. The minimum Gasteiger partial charge on any atom is -0.489 e. The first kappa shape index (κ1) is 23.1. The number of aryl methyl sites for hydroxylation is 3. The third-order valence-corrected chi connectivity index (χ3v) is 5.35. The quantitative estimate of drug-likeness (QED) is 0.430. The van der Waals surface area contributed by atoms with Crippen LogP contribution in [-0.4, -0.2) is 25.7 Å². The van der Waals surface area contributed by atoms with Gasteiger partial charge >= 0.3 is 0 Å². The van der Waals surface area contributed by atoms with E-state index < -0.39 is 0 Å². The smallest absolute Gasteiger partial charge is 0.251 e. The SMILES string of the molecule is Cc1cc(C)nc(-n2nc(C)c(CC(=O)Nc3cccc(COc4cccc(F)c4)c3)c2C)n1. The number of nitrogens with one attached hydrogen (secondary N) is 1. The van der Waals surface area contributed by atoms with Gasteiger partial charge in [-0.25, -0.2) is 19.0 Å². The van der Waals surface area contributed by atoms with E-state index >= 15 is 0 Å². The van der Waals surface area contributed by atoms with Crippen LogP contribution in [0.1, 0.15) is 33.9 Å². The van der Waals surface area contributed by atoms with E-state index in [2.05, 4.69) is 20.4 Å². The van der Waals surface area contributed by atoms with Crippen LogP contribution in [0, 0.1) is 33.5 Å². The molecule has 8 heteroatoms. The maximum absolute atomic E-state index is 13.3. The number of benzene rings is 2. The molecular formula is C26H26FN5O2. The average Bonchev–Trinajstić information content (AvgIpc) is 3.06. The van der Waals surface area contributed by atoms with Crippen molar-refractivity contribution in [2.24, 2.45) is 0 Å². The molecule has 0 saturated carbocycles. The summed E-state index contributed by atoms with van der Waals surface area (Å²) in [5.41, 5.74) is 5.65. The average molecular weight is 460 g/mol. The maximum Gasteiger partial charge on any atom is 0.251 e. The number of amides is 1. The van der Waals surface area contributed by atoms with Crippen molar-refractivity contribution in [1.29, 1.82) is 0 Å². The van der Waals surface area contributed by atoms with E-state index in [1.165, 1.54) is 12.1 Å². The molecule has 0 spiro atoms. The normalized spacial score (nSPS) is 10.9. The summed E-state index contributed by atoms with van der Waals surface area (Å²) in [5.74, 6) is 0.438. The van der Waals surface area contributed by atoms with Gasteiger partial charge in [0.1, 0.15) is 18.2 Å². The summed E-state index contributed by atoms with van der Waals surface area (Å²) in [6, 6.07) is 15.3. The highest BCUT2D eigenvalue weighted by Gasteiger charge is 2.18. The number of carbonyl (C=O) groups is 1. The third kappa shape index (κ3) is 5.46. The van der Waals surface area contributed by atoms with Gasteiger partial charge in [0.05, 0.1) is 12.1 Å². The Balaban J connectivity index is 1.44. The second-order valence-electron chi connectivity index (χ2n) is 8.18. The van der Waals surface area contributed by atoms with Crippen molar-refractivity contribution >= 4 is 11.6 Å². The molecule has 2 aromatic carbocycles. The first-order valence-electron chi connectivity index (χ1n) is 10.9. The standard InChI is InChI=1S/C26H26FN5O2/c1-16-11-17(2)29-26(28-16)32-19(4)24(18(3)31-32)14-25(33)30-22-9-5-7-20(12-22)15-34-23-10-6-8-21(27)13-23/h5-13H,14-15H2,1-4H3,(H,30,33). The van der Waals surface area contributed by atoms with Gasteiger partial charge in [-0.15, -0.1) is 0 Å². The summed E-state index contributed by atoms with van der Waals surface area (Å²) < 4.78 is 20.7. The molecule has 34 heavy (non-hydrogen) atoms. The summed E-state index contributed by atoms with van der Waals surface area (Å²) in [6.45, 7) is 7.87. The molecule has 0 fully saturated rings. The molecule has 7 nitrogen and oxygen atoms in total. The Labute approximate surface area is 197 Å². The Kier molecular flexibility index (Phi) is 6.67. The van der Waals surface area contributed by atoms with Gasteiger partial charge in [0.25, 0.3) is 5.95 Å². The second-order valence-corrected chi connectivity index (χ2v) is 8.18. The second kappa shape index (κ2) is 9.82. The predicted molar refractivity (Wildman–Crippen MR) is 128 cm³/mol. The minimum atomic E-state index is -0.350. The van der Waals surface area contributed by atoms with Crippen molar-refractivity contribution in [3.63, 3.8) is 0 Å². The van der Waals surface area contributed by atoms with Crippen LogP contribution in [0.2, 0.25) is 0 Å². The zero-order valence-corrected chi connectivity index (χ0v) is 19.6. The van der Waals surface area contributed by atoms with Gasteiger partial charge in [0.2, 0.25) is 5.91 Å². The van der Waals surface area contributed by atoms with Crippen LogP contribution < -0.4 is 10.1 Å². The predicted octanol–water partition coefficient (Wildman–Crippen LogP) is 4.80. The van der Waals surface area contributed by atoms with Gasteiger partial charge < -0.3 is 10.1 Å². The first-order chi connectivity index (χ1) is 16.3. The van der Waals surface area contributed by atoms with Crippen LogP contribution in [0.25, 0.3) is 5.95 Å². The number of rotatable bonds is 7.